The zero-order valence-corrected chi connectivity index (χ0v) is 9.80. The molecule has 0 aliphatic rings. The molecule has 2 rings (SSSR count). The van der Waals surface area contributed by atoms with Crippen molar-refractivity contribution < 1.29 is 1.43 Å². The van der Waals surface area contributed by atoms with Gasteiger partial charge < -0.3 is 4.98 Å². The predicted molar refractivity (Wildman–Crippen MR) is 68.2 cm³/mol. The number of aromatic nitrogens is 1. The molecule has 1 N–H and O–H groups in total. The summed E-state index contributed by atoms with van der Waals surface area (Å²) in [5, 5.41) is 1.38. The van der Waals surface area contributed by atoms with E-state index in [9.17, 15) is 0 Å². The molecule has 1 heterocycles. The van der Waals surface area contributed by atoms with Crippen LogP contribution in [-0.2, 0) is 6.42 Å². The molecule has 0 atom stereocenters. The van der Waals surface area contributed by atoms with Gasteiger partial charge in [-0.15, -0.1) is 0 Å². The molecule has 0 unspecified atom stereocenters. The van der Waals surface area contributed by atoms with Crippen LogP contribution < -0.4 is 0 Å². The van der Waals surface area contributed by atoms with Gasteiger partial charge in [-0.05, 0) is 29.9 Å². The van der Waals surface area contributed by atoms with Crippen LogP contribution in [0.5, 0.6) is 0 Å². The fraction of sp³-hybridized carbons (Fsp3) is 0.429. The Kier molecular flexibility index (Phi) is 2.56. The first-order valence-corrected chi connectivity index (χ1v) is 5.61. The number of para-hydroxylation sites is 1. The number of H-pyrrole nitrogens is 1. The molecule has 82 valence electrons. The number of benzene rings is 1. The third kappa shape index (κ3) is 2.41. The van der Waals surface area contributed by atoms with Gasteiger partial charge in [0.1, 0.15) is 0 Å². The number of fused-ring (bicyclic) bond motifs is 1. The van der Waals surface area contributed by atoms with Crippen molar-refractivity contribution in [3.8, 4) is 0 Å². The second-order valence-corrected chi connectivity index (χ2v) is 5.42. The summed E-state index contributed by atoms with van der Waals surface area (Å²) in [6.07, 6.45) is 4.54. The molecule has 1 aromatic heterocycles. The molecule has 1 aromatic carbocycles. The van der Waals surface area contributed by atoms with Crippen LogP contribution >= 0.6 is 0 Å². The monoisotopic (exact) mass is 203 g/mol. The lowest BCUT2D eigenvalue weighted by Crippen LogP contribution is -2.05. The van der Waals surface area contributed by atoms with Crippen LogP contribution in [0.2, 0.25) is 0 Å². The third-order valence-electron chi connectivity index (χ3n) is 2.82. The van der Waals surface area contributed by atoms with Crippen molar-refractivity contribution in [3.63, 3.8) is 0 Å². The van der Waals surface area contributed by atoms with Crippen molar-refractivity contribution >= 4 is 10.9 Å². The summed E-state index contributed by atoms with van der Waals surface area (Å²) in [4.78, 5) is 3.32. The van der Waals surface area contributed by atoms with Crippen LogP contribution in [-0.4, -0.2) is 4.98 Å². The number of aryl methyl sites for hydroxylation is 1. The van der Waals surface area contributed by atoms with Crippen LogP contribution in [0.1, 0.15) is 34.2 Å². The molecule has 0 aliphatic heterocycles. The van der Waals surface area contributed by atoms with E-state index < -0.39 is 0 Å². The fourth-order valence-corrected chi connectivity index (χ4v) is 1.85. The molecule has 0 radical (unpaired) electrons. The lowest BCUT2D eigenvalue weighted by molar-refractivity contribution is 0.379. The van der Waals surface area contributed by atoms with Gasteiger partial charge in [-0.1, -0.05) is 39.0 Å². The number of hydrogen-bond donors (Lipinski definition) is 1. The van der Waals surface area contributed by atoms with Crippen molar-refractivity contribution in [2.75, 3.05) is 0 Å². The van der Waals surface area contributed by atoms with Gasteiger partial charge in [0.25, 0.3) is 0 Å². The summed E-state index contributed by atoms with van der Waals surface area (Å²) < 4.78 is 0. The molecular formula is C14H21N. The lowest BCUT2D eigenvalue weighted by Gasteiger charge is -2.17. The van der Waals surface area contributed by atoms with Crippen LogP contribution in [0, 0.1) is 5.41 Å². The summed E-state index contributed by atoms with van der Waals surface area (Å²) >= 11 is 0. The van der Waals surface area contributed by atoms with E-state index in [4.69, 9.17) is 0 Å². The van der Waals surface area contributed by atoms with E-state index in [-0.39, 0.29) is 1.43 Å². The van der Waals surface area contributed by atoms with Crippen molar-refractivity contribution in [3.05, 3.63) is 36.0 Å². The Hall–Kier alpha value is -1.24. The van der Waals surface area contributed by atoms with Gasteiger partial charge in [0.05, 0.1) is 0 Å². The Balaban J connectivity index is 0.00000128. The quantitative estimate of drug-likeness (QED) is 0.745. The summed E-state index contributed by atoms with van der Waals surface area (Å²) in [7, 11) is 0. The molecule has 15 heavy (non-hydrogen) atoms. The number of aromatic amines is 1. The Labute approximate surface area is 93.0 Å². The maximum atomic E-state index is 3.32. The highest BCUT2D eigenvalue weighted by Crippen LogP contribution is 2.25. The van der Waals surface area contributed by atoms with E-state index in [1.54, 1.807) is 0 Å². The van der Waals surface area contributed by atoms with Crippen molar-refractivity contribution in [2.45, 2.75) is 33.6 Å². The standard InChI is InChI=1S/C14H19N.H2/c1-14(2,3)9-8-11-10-15-13-7-5-4-6-12(11)13;/h4-7,10,15H,8-9H2,1-3H3;1H. The molecular weight excluding hydrogens is 182 g/mol. The molecule has 1 nitrogen and oxygen atoms in total. The Morgan fingerprint density at radius 2 is 1.93 bits per heavy atom. The molecule has 0 saturated heterocycles. The van der Waals surface area contributed by atoms with Gasteiger partial charge >= 0.3 is 0 Å². The van der Waals surface area contributed by atoms with Gasteiger partial charge in [-0.2, -0.15) is 0 Å². The van der Waals surface area contributed by atoms with E-state index in [1.807, 2.05) is 0 Å². The minimum atomic E-state index is 0. The number of nitrogens with one attached hydrogen (secondary N) is 1. The van der Waals surface area contributed by atoms with Crippen molar-refractivity contribution in [1.29, 1.82) is 0 Å². The maximum absolute atomic E-state index is 3.32. The van der Waals surface area contributed by atoms with Gasteiger partial charge in [-0.25, -0.2) is 0 Å². The zero-order chi connectivity index (χ0) is 10.9. The normalized spacial score (nSPS) is 12.2. The van der Waals surface area contributed by atoms with Crippen LogP contribution in [0.3, 0.4) is 0 Å². The highest BCUT2D eigenvalue weighted by molar-refractivity contribution is 5.82. The van der Waals surface area contributed by atoms with E-state index >= 15 is 0 Å². The topological polar surface area (TPSA) is 15.8 Å². The average molecular weight is 203 g/mol. The van der Waals surface area contributed by atoms with Gasteiger partial charge in [0.2, 0.25) is 0 Å². The van der Waals surface area contributed by atoms with Gasteiger partial charge in [0, 0.05) is 18.5 Å². The van der Waals surface area contributed by atoms with Crippen molar-refractivity contribution in [2.24, 2.45) is 5.41 Å². The van der Waals surface area contributed by atoms with Crippen LogP contribution in [0.4, 0.5) is 0 Å². The predicted octanol–water partition coefficient (Wildman–Crippen LogP) is 4.39. The molecule has 0 aliphatic carbocycles. The minimum absolute atomic E-state index is 0. The van der Waals surface area contributed by atoms with Gasteiger partial charge in [0.15, 0.2) is 0 Å². The first-order chi connectivity index (χ1) is 7.06. The van der Waals surface area contributed by atoms with E-state index in [1.165, 1.54) is 22.9 Å². The smallest absolute Gasteiger partial charge is 0.0456 e. The minimum Gasteiger partial charge on any atom is -0.361 e. The van der Waals surface area contributed by atoms with E-state index in [2.05, 4.69) is 56.2 Å². The lowest BCUT2D eigenvalue weighted by atomic mass is 9.89. The molecule has 0 amide bonds. The number of rotatable bonds is 2. The summed E-state index contributed by atoms with van der Waals surface area (Å²) in [5.41, 5.74) is 3.11. The highest BCUT2D eigenvalue weighted by Gasteiger charge is 2.11. The Bertz CT molecular complexity index is 451. The molecule has 0 saturated carbocycles. The highest BCUT2D eigenvalue weighted by atomic mass is 14.7. The fourth-order valence-electron chi connectivity index (χ4n) is 1.85. The summed E-state index contributed by atoms with van der Waals surface area (Å²) in [6, 6.07) is 8.52. The Morgan fingerprint density at radius 1 is 1.20 bits per heavy atom. The van der Waals surface area contributed by atoms with Gasteiger partial charge in [-0.3, -0.25) is 0 Å². The molecule has 1 heteroatoms. The summed E-state index contributed by atoms with van der Waals surface area (Å²) in [5.74, 6) is 0. The summed E-state index contributed by atoms with van der Waals surface area (Å²) in [6.45, 7) is 6.88. The molecule has 2 aromatic rings. The largest absolute Gasteiger partial charge is 0.361 e. The Morgan fingerprint density at radius 3 is 2.67 bits per heavy atom. The maximum Gasteiger partial charge on any atom is 0.0456 e. The second-order valence-electron chi connectivity index (χ2n) is 5.42. The first kappa shape index (κ1) is 10.3. The third-order valence-corrected chi connectivity index (χ3v) is 2.82. The van der Waals surface area contributed by atoms with E-state index in [0.717, 1.165) is 6.42 Å². The first-order valence-electron chi connectivity index (χ1n) is 5.61. The zero-order valence-electron chi connectivity index (χ0n) is 9.80. The van der Waals surface area contributed by atoms with E-state index in [0.29, 0.717) is 5.41 Å². The molecule has 0 bridgehead atoms. The van der Waals surface area contributed by atoms with Crippen LogP contribution in [0.15, 0.2) is 30.5 Å². The molecule has 0 fully saturated rings. The SMILES string of the molecule is CC(C)(C)CCc1c[nH]c2ccccc12.[HH]. The average Bonchev–Trinajstić information content (AvgIpc) is 2.57. The van der Waals surface area contributed by atoms with Crippen LogP contribution in [0.25, 0.3) is 10.9 Å². The second kappa shape index (κ2) is 3.73. The molecule has 0 spiro atoms. The number of hydrogen-bond acceptors (Lipinski definition) is 0. The van der Waals surface area contributed by atoms with Crippen molar-refractivity contribution in [1.82, 2.24) is 4.98 Å².